The van der Waals surface area contributed by atoms with Crippen LogP contribution in [-0.4, -0.2) is 59.7 Å². The van der Waals surface area contributed by atoms with Gasteiger partial charge in [0.25, 0.3) is 0 Å². The molecule has 2 aromatic carbocycles. The Morgan fingerprint density at radius 3 is 2.23 bits per heavy atom. The third-order valence-electron chi connectivity index (χ3n) is 7.43. The number of ether oxygens (including phenoxy) is 1. The number of aldehydes is 1. The lowest BCUT2D eigenvalue weighted by atomic mass is 9.92. The number of hydrogen-bond acceptors (Lipinski definition) is 5. The number of rotatable bonds is 14. The molecule has 0 spiro atoms. The maximum Gasteiger partial charge on any atom is 0.246 e. The quantitative estimate of drug-likeness (QED) is 0.347. The number of hydrogen-bond donors (Lipinski definition) is 2. The number of nitrogens with one attached hydrogen (secondary N) is 2. The van der Waals surface area contributed by atoms with Crippen LogP contribution in [0.4, 0.5) is 0 Å². The second kappa shape index (κ2) is 15.3. The maximum absolute atomic E-state index is 14.0. The Morgan fingerprint density at radius 1 is 1.00 bits per heavy atom. The number of benzene rings is 2. The standard InChI is InChI=1S/C32H43N3O5/c1-5-13-27(24-16-11-8-12-17-24)30(37)34-29(22(3)4)32(39)35-19-26(40-21-23-14-9-7-10-15-23)18-28(35)31(38)33-25(6-2)20-36/h7-12,14-17,20,22,25-29H,5-6,13,18-19,21H2,1-4H3,(H,33,38)(H,34,37)/t25-,26+,27?,28-,29-/m0/s1. The first-order valence-electron chi connectivity index (χ1n) is 14.4. The van der Waals surface area contributed by atoms with Crippen LogP contribution in [0.15, 0.2) is 60.7 Å². The minimum Gasteiger partial charge on any atom is -0.372 e. The molecule has 1 fully saturated rings. The van der Waals surface area contributed by atoms with Crippen molar-refractivity contribution in [3.05, 3.63) is 71.8 Å². The molecule has 0 aromatic heterocycles. The maximum atomic E-state index is 14.0. The smallest absolute Gasteiger partial charge is 0.246 e. The van der Waals surface area contributed by atoms with Crippen LogP contribution in [0.1, 0.15) is 70.4 Å². The molecule has 0 saturated carbocycles. The second-order valence-electron chi connectivity index (χ2n) is 10.8. The average Bonchev–Trinajstić information content (AvgIpc) is 3.41. The third kappa shape index (κ3) is 8.24. The van der Waals surface area contributed by atoms with E-state index in [4.69, 9.17) is 4.74 Å². The first-order chi connectivity index (χ1) is 19.3. The third-order valence-corrected chi connectivity index (χ3v) is 7.43. The average molecular weight is 550 g/mol. The second-order valence-corrected chi connectivity index (χ2v) is 10.8. The van der Waals surface area contributed by atoms with Gasteiger partial charge in [0.05, 0.1) is 24.7 Å². The summed E-state index contributed by atoms with van der Waals surface area (Å²) < 4.78 is 6.13. The van der Waals surface area contributed by atoms with Gasteiger partial charge in [-0.15, -0.1) is 0 Å². The summed E-state index contributed by atoms with van der Waals surface area (Å²) in [7, 11) is 0. The van der Waals surface area contributed by atoms with Gasteiger partial charge in [0, 0.05) is 13.0 Å². The minimum atomic E-state index is -0.813. The molecule has 1 aliphatic rings. The van der Waals surface area contributed by atoms with Crippen LogP contribution in [0.25, 0.3) is 0 Å². The molecule has 3 amide bonds. The highest BCUT2D eigenvalue weighted by molar-refractivity contribution is 5.94. The largest absolute Gasteiger partial charge is 0.372 e. The van der Waals surface area contributed by atoms with Gasteiger partial charge in [-0.2, -0.15) is 0 Å². The van der Waals surface area contributed by atoms with E-state index in [1.54, 1.807) is 0 Å². The summed E-state index contributed by atoms with van der Waals surface area (Å²) in [5, 5.41) is 5.77. The molecule has 5 atom stereocenters. The molecule has 8 heteroatoms. The predicted octanol–water partition coefficient (Wildman–Crippen LogP) is 3.99. The summed E-state index contributed by atoms with van der Waals surface area (Å²) in [6, 6.07) is 17.0. The zero-order valence-electron chi connectivity index (χ0n) is 24.0. The highest BCUT2D eigenvalue weighted by atomic mass is 16.5. The van der Waals surface area contributed by atoms with E-state index < -0.39 is 18.1 Å². The van der Waals surface area contributed by atoms with Crippen LogP contribution in [0.5, 0.6) is 0 Å². The van der Waals surface area contributed by atoms with Crippen molar-refractivity contribution in [2.45, 2.75) is 90.1 Å². The van der Waals surface area contributed by atoms with E-state index in [1.807, 2.05) is 88.4 Å². The fraction of sp³-hybridized carbons (Fsp3) is 0.500. The SMILES string of the molecule is CCCC(C(=O)N[C@H](C(=O)N1C[C@H](OCc2ccccc2)C[C@H]1C(=O)N[C@H](C=O)CC)C(C)C)c1ccccc1. The lowest BCUT2D eigenvalue weighted by Gasteiger charge is -2.31. The van der Waals surface area contributed by atoms with Crippen LogP contribution >= 0.6 is 0 Å². The van der Waals surface area contributed by atoms with Gasteiger partial charge < -0.3 is 25.1 Å². The van der Waals surface area contributed by atoms with Gasteiger partial charge in [-0.3, -0.25) is 14.4 Å². The van der Waals surface area contributed by atoms with Gasteiger partial charge in [0.1, 0.15) is 18.4 Å². The molecule has 2 N–H and O–H groups in total. The molecule has 0 bridgehead atoms. The van der Waals surface area contributed by atoms with Crippen molar-refractivity contribution in [1.29, 1.82) is 0 Å². The number of nitrogens with zero attached hydrogens (tertiary/aromatic N) is 1. The Hall–Kier alpha value is -3.52. The minimum absolute atomic E-state index is 0.204. The van der Waals surface area contributed by atoms with Gasteiger partial charge in [-0.1, -0.05) is 94.8 Å². The molecule has 2 aromatic rings. The predicted molar refractivity (Wildman–Crippen MR) is 154 cm³/mol. The highest BCUT2D eigenvalue weighted by Crippen LogP contribution is 2.26. The summed E-state index contributed by atoms with van der Waals surface area (Å²) in [6.07, 6.45) is 2.57. The Morgan fingerprint density at radius 2 is 1.65 bits per heavy atom. The molecule has 0 aliphatic carbocycles. The number of amides is 3. The molecular weight excluding hydrogens is 506 g/mol. The van der Waals surface area contributed by atoms with Crippen molar-refractivity contribution in [1.82, 2.24) is 15.5 Å². The summed E-state index contributed by atoms with van der Waals surface area (Å²) in [4.78, 5) is 53.7. The molecule has 0 radical (unpaired) electrons. The van der Waals surface area contributed by atoms with E-state index in [0.29, 0.717) is 32.2 Å². The zero-order valence-corrected chi connectivity index (χ0v) is 24.0. The summed E-state index contributed by atoms with van der Waals surface area (Å²) in [5.74, 6) is -1.50. The van der Waals surface area contributed by atoms with Crippen LogP contribution in [0.3, 0.4) is 0 Å². The van der Waals surface area contributed by atoms with Crippen molar-refractivity contribution >= 4 is 24.0 Å². The normalized spacial score (nSPS) is 19.1. The van der Waals surface area contributed by atoms with E-state index in [1.165, 1.54) is 4.90 Å². The first kappa shape index (κ1) is 31.0. The van der Waals surface area contributed by atoms with Crippen molar-refractivity contribution in [2.24, 2.45) is 5.92 Å². The van der Waals surface area contributed by atoms with Crippen molar-refractivity contribution < 1.29 is 23.9 Å². The molecule has 1 aliphatic heterocycles. The Kier molecular flexibility index (Phi) is 11.9. The molecule has 8 nitrogen and oxygen atoms in total. The van der Waals surface area contributed by atoms with Gasteiger partial charge in [0.2, 0.25) is 17.7 Å². The Labute approximate surface area is 237 Å². The van der Waals surface area contributed by atoms with E-state index in [-0.39, 0.29) is 42.2 Å². The number of likely N-dealkylation sites (tertiary alicyclic amines) is 1. The molecule has 1 unspecified atom stereocenters. The zero-order chi connectivity index (χ0) is 29.1. The molecule has 1 heterocycles. The lowest BCUT2D eigenvalue weighted by Crippen LogP contribution is -2.56. The molecule has 3 rings (SSSR count). The number of carbonyl (C=O) groups is 4. The highest BCUT2D eigenvalue weighted by Gasteiger charge is 2.43. The topological polar surface area (TPSA) is 105 Å². The summed E-state index contributed by atoms with van der Waals surface area (Å²) >= 11 is 0. The molecule has 216 valence electrons. The van der Waals surface area contributed by atoms with E-state index in [2.05, 4.69) is 10.6 Å². The number of carbonyl (C=O) groups excluding carboxylic acids is 4. The fourth-order valence-corrected chi connectivity index (χ4v) is 5.08. The molecule has 40 heavy (non-hydrogen) atoms. The van der Waals surface area contributed by atoms with E-state index in [9.17, 15) is 19.2 Å². The fourth-order valence-electron chi connectivity index (χ4n) is 5.08. The van der Waals surface area contributed by atoms with Crippen molar-refractivity contribution in [3.8, 4) is 0 Å². The van der Waals surface area contributed by atoms with Crippen LogP contribution in [0.2, 0.25) is 0 Å². The van der Waals surface area contributed by atoms with E-state index >= 15 is 0 Å². The van der Waals surface area contributed by atoms with Gasteiger partial charge in [-0.25, -0.2) is 0 Å². The lowest BCUT2D eigenvalue weighted by molar-refractivity contribution is -0.143. The van der Waals surface area contributed by atoms with Crippen molar-refractivity contribution in [2.75, 3.05) is 6.54 Å². The first-order valence-corrected chi connectivity index (χ1v) is 14.4. The Balaban J connectivity index is 1.80. The Bertz CT molecular complexity index is 1110. The van der Waals surface area contributed by atoms with Crippen LogP contribution in [-0.2, 0) is 30.5 Å². The van der Waals surface area contributed by atoms with Crippen LogP contribution in [0, 0.1) is 5.92 Å². The van der Waals surface area contributed by atoms with Gasteiger partial charge in [0.15, 0.2) is 0 Å². The summed E-state index contributed by atoms with van der Waals surface area (Å²) in [5.41, 5.74) is 1.90. The monoisotopic (exact) mass is 549 g/mol. The molecule has 1 saturated heterocycles. The van der Waals surface area contributed by atoms with Crippen molar-refractivity contribution in [3.63, 3.8) is 0 Å². The van der Waals surface area contributed by atoms with Crippen LogP contribution < -0.4 is 10.6 Å². The summed E-state index contributed by atoms with van der Waals surface area (Å²) in [6.45, 7) is 8.18. The van der Waals surface area contributed by atoms with Gasteiger partial charge >= 0.3 is 0 Å². The van der Waals surface area contributed by atoms with E-state index in [0.717, 1.165) is 17.5 Å². The van der Waals surface area contributed by atoms with Gasteiger partial charge in [-0.05, 0) is 29.9 Å². The molecular formula is C32H43N3O5.